The molecule has 0 spiro atoms. The fourth-order valence-electron chi connectivity index (χ4n) is 1.61. The van der Waals surface area contributed by atoms with Crippen molar-refractivity contribution < 1.29 is 18.7 Å². The van der Waals surface area contributed by atoms with Crippen molar-refractivity contribution in [3.05, 3.63) is 58.6 Å². The van der Waals surface area contributed by atoms with E-state index in [9.17, 15) is 18.7 Å². The van der Waals surface area contributed by atoms with Crippen LogP contribution in [0.5, 0.6) is 5.75 Å². The summed E-state index contributed by atoms with van der Waals surface area (Å²) in [4.78, 5) is 11.7. The molecule has 0 aromatic heterocycles. The molecule has 104 valence electrons. The lowest BCUT2D eigenvalue weighted by Gasteiger charge is -2.08. The van der Waals surface area contributed by atoms with Crippen molar-refractivity contribution in [1.82, 2.24) is 0 Å². The molecule has 0 aliphatic rings. The minimum Gasteiger partial charge on any atom is -0.506 e. The van der Waals surface area contributed by atoms with Crippen molar-refractivity contribution in [2.24, 2.45) is 0 Å². The second-order valence-corrected chi connectivity index (χ2v) is 4.54. The number of carbonyl (C=O) groups is 1. The number of nitrogens with one attached hydrogen (secondary N) is 1. The highest BCUT2D eigenvalue weighted by atomic mass is 35.5. The second-order valence-electron chi connectivity index (χ2n) is 4.13. The highest BCUT2D eigenvalue weighted by Gasteiger charge is 2.11. The third-order valence-electron chi connectivity index (χ3n) is 2.59. The van der Waals surface area contributed by atoms with E-state index in [2.05, 4.69) is 5.32 Å². The summed E-state index contributed by atoms with van der Waals surface area (Å²) in [6, 6.07) is 7.34. The van der Waals surface area contributed by atoms with Crippen molar-refractivity contribution in [2.75, 3.05) is 5.32 Å². The molecule has 0 saturated carbocycles. The van der Waals surface area contributed by atoms with Crippen LogP contribution in [0, 0.1) is 11.6 Å². The maximum Gasteiger partial charge on any atom is 0.228 e. The molecule has 20 heavy (non-hydrogen) atoms. The third-order valence-corrected chi connectivity index (χ3v) is 2.89. The van der Waals surface area contributed by atoms with E-state index in [1.807, 2.05) is 0 Å². The van der Waals surface area contributed by atoms with Gasteiger partial charge in [-0.05, 0) is 23.8 Å². The standard InChI is InChI=1S/C14H10ClF2NO2/c15-10-6-12(11(17)7-13(10)19)18-14(20)5-8-1-3-9(16)4-2-8/h1-4,6-7,19H,5H2,(H,18,20). The molecule has 0 fully saturated rings. The number of hydrogen-bond acceptors (Lipinski definition) is 2. The van der Waals surface area contributed by atoms with Gasteiger partial charge in [-0.15, -0.1) is 0 Å². The number of phenolic OH excluding ortho intramolecular Hbond substituents is 1. The zero-order valence-corrected chi connectivity index (χ0v) is 10.9. The first-order chi connectivity index (χ1) is 9.45. The lowest BCUT2D eigenvalue weighted by Crippen LogP contribution is -2.15. The average molecular weight is 298 g/mol. The number of aromatic hydroxyl groups is 1. The second kappa shape index (κ2) is 5.88. The van der Waals surface area contributed by atoms with Crippen LogP contribution in [-0.2, 0) is 11.2 Å². The summed E-state index contributed by atoms with van der Waals surface area (Å²) >= 11 is 5.64. The molecule has 0 radical (unpaired) electrons. The van der Waals surface area contributed by atoms with Gasteiger partial charge in [0.1, 0.15) is 17.4 Å². The minimum absolute atomic E-state index is 0.0295. The molecule has 2 rings (SSSR count). The largest absolute Gasteiger partial charge is 0.506 e. The van der Waals surface area contributed by atoms with E-state index in [0.29, 0.717) is 5.56 Å². The fourth-order valence-corrected chi connectivity index (χ4v) is 1.78. The summed E-state index contributed by atoms with van der Waals surface area (Å²) < 4.78 is 26.2. The molecular formula is C14H10ClF2NO2. The van der Waals surface area contributed by atoms with Crippen LogP contribution >= 0.6 is 11.6 Å². The molecule has 0 aliphatic carbocycles. The van der Waals surface area contributed by atoms with Gasteiger partial charge in [0, 0.05) is 6.07 Å². The van der Waals surface area contributed by atoms with Crippen LogP contribution in [0.25, 0.3) is 0 Å². The van der Waals surface area contributed by atoms with E-state index in [4.69, 9.17) is 11.6 Å². The molecule has 2 aromatic rings. The van der Waals surface area contributed by atoms with E-state index in [0.717, 1.165) is 12.1 Å². The summed E-state index contributed by atoms with van der Waals surface area (Å²) in [5.74, 6) is -2.07. The van der Waals surface area contributed by atoms with Crippen LogP contribution in [0.2, 0.25) is 5.02 Å². The Morgan fingerprint density at radius 2 is 1.85 bits per heavy atom. The molecule has 0 aliphatic heterocycles. The van der Waals surface area contributed by atoms with E-state index < -0.39 is 23.3 Å². The average Bonchev–Trinajstić information content (AvgIpc) is 2.39. The highest BCUT2D eigenvalue weighted by molar-refractivity contribution is 6.32. The van der Waals surface area contributed by atoms with Crippen molar-refractivity contribution >= 4 is 23.2 Å². The number of hydrogen-bond donors (Lipinski definition) is 2. The molecular weight excluding hydrogens is 288 g/mol. The highest BCUT2D eigenvalue weighted by Crippen LogP contribution is 2.29. The van der Waals surface area contributed by atoms with Crippen LogP contribution in [0.15, 0.2) is 36.4 Å². The van der Waals surface area contributed by atoms with Gasteiger partial charge in [0.2, 0.25) is 5.91 Å². The van der Waals surface area contributed by atoms with Gasteiger partial charge in [-0.3, -0.25) is 4.79 Å². The molecule has 0 saturated heterocycles. The molecule has 0 unspecified atom stereocenters. The van der Waals surface area contributed by atoms with E-state index >= 15 is 0 Å². The fraction of sp³-hybridized carbons (Fsp3) is 0.0714. The Labute approximate surface area is 118 Å². The lowest BCUT2D eigenvalue weighted by atomic mass is 10.1. The molecule has 0 heterocycles. The van der Waals surface area contributed by atoms with Crippen LogP contribution < -0.4 is 5.32 Å². The monoisotopic (exact) mass is 297 g/mol. The Morgan fingerprint density at radius 3 is 2.50 bits per heavy atom. The molecule has 0 atom stereocenters. The Balaban J connectivity index is 2.08. The maximum atomic E-state index is 13.5. The van der Waals surface area contributed by atoms with Crippen LogP contribution in [0.3, 0.4) is 0 Å². The van der Waals surface area contributed by atoms with Gasteiger partial charge >= 0.3 is 0 Å². The van der Waals surface area contributed by atoms with Crippen molar-refractivity contribution in [1.29, 1.82) is 0 Å². The number of carbonyl (C=O) groups excluding carboxylic acids is 1. The topological polar surface area (TPSA) is 49.3 Å². The van der Waals surface area contributed by atoms with Crippen molar-refractivity contribution in [3.63, 3.8) is 0 Å². The molecule has 6 heteroatoms. The first-order valence-electron chi connectivity index (χ1n) is 5.68. The van der Waals surface area contributed by atoms with E-state index in [1.54, 1.807) is 0 Å². The van der Waals surface area contributed by atoms with Gasteiger partial charge in [0.05, 0.1) is 17.1 Å². The van der Waals surface area contributed by atoms with Crippen molar-refractivity contribution in [3.8, 4) is 5.75 Å². The minimum atomic E-state index is -0.792. The Morgan fingerprint density at radius 1 is 1.20 bits per heavy atom. The number of amides is 1. The van der Waals surface area contributed by atoms with Crippen LogP contribution in [0.4, 0.5) is 14.5 Å². The number of benzene rings is 2. The number of anilines is 1. The summed E-state index contributed by atoms with van der Waals surface area (Å²) in [5.41, 5.74) is 0.467. The Hall–Kier alpha value is -2.14. The zero-order chi connectivity index (χ0) is 14.7. The van der Waals surface area contributed by atoms with Crippen LogP contribution in [-0.4, -0.2) is 11.0 Å². The van der Waals surface area contributed by atoms with E-state index in [1.165, 1.54) is 24.3 Å². The Bertz CT molecular complexity index is 644. The first kappa shape index (κ1) is 14.3. The van der Waals surface area contributed by atoms with E-state index in [-0.39, 0.29) is 17.1 Å². The first-order valence-corrected chi connectivity index (χ1v) is 6.06. The predicted octanol–water partition coefficient (Wildman–Crippen LogP) is 3.51. The van der Waals surface area contributed by atoms with Gasteiger partial charge < -0.3 is 10.4 Å². The SMILES string of the molecule is O=C(Cc1ccc(F)cc1)Nc1cc(Cl)c(O)cc1F. The molecule has 1 amide bonds. The predicted molar refractivity (Wildman–Crippen MR) is 71.8 cm³/mol. The van der Waals surface area contributed by atoms with Gasteiger partial charge in [-0.25, -0.2) is 8.78 Å². The lowest BCUT2D eigenvalue weighted by molar-refractivity contribution is -0.115. The summed E-state index contributed by atoms with van der Waals surface area (Å²) in [6.07, 6.45) is -0.0295. The zero-order valence-electron chi connectivity index (χ0n) is 10.2. The molecule has 0 bridgehead atoms. The smallest absolute Gasteiger partial charge is 0.228 e. The normalized spacial score (nSPS) is 10.3. The van der Waals surface area contributed by atoms with Gasteiger partial charge in [-0.1, -0.05) is 23.7 Å². The molecule has 2 aromatic carbocycles. The quantitative estimate of drug-likeness (QED) is 0.852. The number of rotatable bonds is 3. The van der Waals surface area contributed by atoms with Gasteiger partial charge in [0.25, 0.3) is 0 Å². The Kier molecular flexibility index (Phi) is 4.20. The number of phenols is 1. The van der Waals surface area contributed by atoms with Crippen LogP contribution in [0.1, 0.15) is 5.56 Å². The number of halogens is 3. The third kappa shape index (κ3) is 3.45. The summed E-state index contributed by atoms with van der Waals surface area (Å²) in [7, 11) is 0. The summed E-state index contributed by atoms with van der Waals surface area (Å²) in [6.45, 7) is 0. The molecule has 2 N–H and O–H groups in total. The maximum absolute atomic E-state index is 13.5. The van der Waals surface area contributed by atoms with Gasteiger partial charge in [0.15, 0.2) is 0 Å². The van der Waals surface area contributed by atoms with Gasteiger partial charge in [-0.2, -0.15) is 0 Å². The van der Waals surface area contributed by atoms with Crippen molar-refractivity contribution in [2.45, 2.75) is 6.42 Å². The molecule has 3 nitrogen and oxygen atoms in total. The summed E-state index contributed by atoms with van der Waals surface area (Å²) in [5, 5.41) is 11.5.